The Bertz CT molecular complexity index is 1520. The van der Waals surface area contributed by atoms with Gasteiger partial charge in [0.2, 0.25) is 0 Å². The second-order valence-electron chi connectivity index (χ2n) is 9.48. The predicted octanol–water partition coefficient (Wildman–Crippen LogP) is 7.04. The van der Waals surface area contributed by atoms with E-state index in [0.717, 1.165) is 31.4 Å². The lowest BCUT2D eigenvalue weighted by Gasteiger charge is -2.09. The molecule has 2 aliphatic rings. The van der Waals surface area contributed by atoms with Crippen molar-refractivity contribution >= 4 is 29.2 Å². The standard InChI is InChI=1S/C15H14ClNO4.C14H14ClNO3/c1-19-10-5-3-4-9(16)11(10)13-12(15(18)20-2)14(21-17-13)8-6-7-8;1-18-11-4-2-3-10(15)12(11)13-9(7-17)14(19-16-13)8-5-6-8/h3-5,8H,6-7H2,1-2H3;2-4,8,17H,5-7H2,1H3. The molecular formula is C29H28Cl2N2O7. The van der Waals surface area contributed by atoms with Crippen molar-refractivity contribution < 1.29 is 33.2 Å². The molecule has 2 saturated carbocycles. The summed E-state index contributed by atoms with van der Waals surface area (Å²) in [6, 6.07) is 10.6. The number of nitrogens with zero attached hydrogens (tertiary/aromatic N) is 2. The fourth-order valence-corrected chi connectivity index (χ4v) is 5.05. The first-order chi connectivity index (χ1) is 19.4. The fourth-order valence-electron chi connectivity index (χ4n) is 4.54. The summed E-state index contributed by atoms with van der Waals surface area (Å²) in [6.45, 7) is -0.112. The summed E-state index contributed by atoms with van der Waals surface area (Å²) in [7, 11) is 4.45. The second-order valence-corrected chi connectivity index (χ2v) is 10.3. The molecule has 9 nitrogen and oxygen atoms in total. The van der Waals surface area contributed by atoms with Gasteiger partial charge >= 0.3 is 5.97 Å². The van der Waals surface area contributed by atoms with Gasteiger partial charge in [-0.3, -0.25) is 0 Å². The number of rotatable bonds is 8. The molecule has 0 radical (unpaired) electrons. The normalized spacial score (nSPS) is 14.3. The van der Waals surface area contributed by atoms with Crippen molar-refractivity contribution in [1.29, 1.82) is 0 Å². The molecule has 0 unspecified atom stereocenters. The summed E-state index contributed by atoms with van der Waals surface area (Å²) in [4.78, 5) is 12.1. The van der Waals surface area contributed by atoms with Crippen LogP contribution in [0.25, 0.3) is 22.5 Å². The summed E-state index contributed by atoms with van der Waals surface area (Å²) < 4.78 is 26.3. The van der Waals surface area contributed by atoms with Gasteiger partial charge in [-0.1, -0.05) is 45.6 Å². The van der Waals surface area contributed by atoms with Crippen LogP contribution in [0.5, 0.6) is 11.5 Å². The molecule has 1 N–H and O–H groups in total. The van der Waals surface area contributed by atoms with E-state index in [1.54, 1.807) is 31.4 Å². The molecule has 0 bridgehead atoms. The third-order valence-corrected chi connectivity index (χ3v) is 7.48. The molecule has 0 atom stereocenters. The number of hydrogen-bond donors (Lipinski definition) is 1. The molecule has 0 saturated heterocycles. The Hall–Kier alpha value is -3.53. The van der Waals surface area contributed by atoms with E-state index in [9.17, 15) is 9.90 Å². The molecule has 0 aliphatic heterocycles. The van der Waals surface area contributed by atoms with Crippen LogP contribution in [-0.4, -0.2) is 42.7 Å². The number of methoxy groups -OCH3 is 3. The zero-order valence-corrected chi connectivity index (χ0v) is 23.7. The van der Waals surface area contributed by atoms with Gasteiger partial charge in [-0.15, -0.1) is 0 Å². The average molecular weight is 587 g/mol. The van der Waals surface area contributed by atoms with Gasteiger partial charge in [0.15, 0.2) is 5.76 Å². The van der Waals surface area contributed by atoms with Gasteiger partial charge in [0.25, 0.3) is 0 Å². The first kappa shape index (κ1) is 28.0. The first-order valence-corrected chi connectivity index (χ1v) is 13.5. The van der Waals surface area contributed by atoms with Gasteiger partial charge in [-0.2, -0.15) is 0 Å². The Labute approximate surface area is 240 Å². The minimum Gasteiger partial charge on any atom is -0.496 e. The Balaban J connectivity index is 0.000000162. The summed E-state index contributed by atoms with van der Waals surface area (Å²) in [5, 5.41) is 18.7. The minimum atomic E-state index is -0.477. The largest absolute Gasteiger partial charge is 0.496 e. The van der Waals surface area contributed by atoms with E-state index < -0.39 is 5.97 Å². The summed E-state index contributed by atoms with van der Waals surface area (Å²) >= 11 is 12.5. The number of carbonyl (C=O) groups excluding carboxylic acids is 1. The number of aromatic nitrogens is 2. The van der Waals surface area contributed by atoms with Crippen molar-refractivity contribution in [2.75, 3.05) is 21.3 Å². The molecule has 210 valence electrons. The van der Waals surface area contributed by atoms with Crippen molar-refractivity contribution in [3.05, 3.63) is 69.1 Å². The van der Waals surface area contributed by atoms with E-state index in [2.05, 4.69) is 10.3 Å². The molecule has 2 aliphatic carbocycles. The molecule has 40 heavy (non-hydrogen) atoms. The fraction of sp³-hybridized carbons (Fsp3) is 0.345. The molecule has 2 fully saturated rings. The topological polar surface area (TPSA) is 117 Å². The zero-order valence-electron chi connectivity index (χ0n) is 22.2. The van der Waals surface area contributed by atoms with Crippen LogP contribution in [0, 0.1) is 0 Å². The number of hydrogen-bond acceptors (Lipinski definition) is 9. The molecular weight excluding hydrogens is 559 g/mol. The lowest BCUT2D eigenvalue weighted by molar-refractivity contribution is 0.0599. The van der Waals surface area contributed by atoms with Crippen LogP contribution in [-0.2, 0) is 11.3 Å². The Morgan fingerprint density at radius 3 is 1.85 bits per heavy atom. The van der Waals surface area contributed by atoms with Gasteiger partial charge in [-0.25, -0.2) is 4.79 Å². The highest BCUT2D eigenvalue weighted by Gasteiger charge is 2.37. The van der Waals surface area contributed by atoms with Gasteiger partial charge in [0, 0.05) is 17.4 Å². The van der Waals surface area contributed by atoms with E-state index in [1.165, 1.54) is 14.2 Å². The number of aliphatic hydroxyl groups excluding tert-OH is 1. The highest BCUT2D eigenvalue weighted by atomic mass is 35.5. The second kappa shape index (κ2) is 11.9. The van der Waals surface area contributed by atoms with E-state index >= 15 is 0 Å². The van der Waals surface area contributed by atoms with E-state index in [-0.39, 0.29) is 12.5 Å². The molecule has 4 aromatic rings. The maximum Gasteiger partial charge on any atom is 0.343 e. The first-order valence-electron chi connectivity index (χ1n) is 12.8. The molecule has 11 heteroatoms. The summed E-state index contributed by atoms with van der Waals surface area (Å²) in [6.07, 6.45) is 4.14. The van der Waals surface area contributed by atoms with E-state index in [0.29, 0.717) is 66.9 Å². The van der Waals surface area contributed by atoms with Crippen LogP contribution in [0.4, 0.5) is 0 Å². The van der Waals surface area contributed by atoms with Crippen LogP contribution in [0.3, 0.4) is 0 Å². The van der Waals surface area contributed by atoms with Crippen LogP contribution in [0.15, 0.2) is 45.4 Å². The van der Waals surface area contributed by atoms with Crippen LogP contribution < -0.4 is 9.47 Å². The highest BCUT2D eigenvalue weighted by molar-refractivity contribution is 6.34. The van der Waals surface area contributed by atoms with Crippen LogP contribution in [0.2, 0.25) is 10.0 Å². The smallest absolute Gasteiger partial charge is 0.343 e. The van der Waals surface area contributed by atoms with Crippen molar-refractivity contribution in [3.63, 3.8) is 0 Å². The maximum atomic E-state index is 12.1. The van der Waals surface area contributed by atoms with Crippen molar-refractivity contribution in [1.82, 2.24) is 10.3 Å². The Morgan fingerprint density at radius 1 is 0.850 bits per heavy atom. The van der Waals surface area contributed by atoms with Gasteiger partial charge in [-0.05, 0) is 49.9 Å². The third kappa shape index (κ3) is 5.41. The van der Waals surface area contributed by atoms with E-state index in [4.69, 9.17) is 46.5 Å². The Kier molecular flexibility index (Phi) is 8.35. The molecule has 2 aromatic carbocycles. The maximum absolute atomic E-state index is 12.1. The molecule has 2 heterocycles. The van der Waals surface area contributed by atoms with Crippen LogP contribution >= 0.6 is 23.2 Å². The molecule has 2 aromatic heterocycles. The van der Waals surface area contributed by atoms with Crippen molar-refractivity contribution in [2.45, 2.75) is 44.1 Å². The van der Waals surface area contributed by atoms with Gasteiger partial charge in [0.05, 0.1) is 49.1 Å². The molecule has 0 spiro atoms. The lowest BCUT2D eigenvalue weighted by Crippen LogP contribution is -2.05. The highest BCUT2D eigenvalue weighted by Crippen LogP contribution is 2.47. The third-order valence-electron chi connectivity index (χ3n) is 6.85. The number of ether oxygens (including phenoxy) is 3. The lowest BCUT2D eigenvalue weighted by atomic mass is 10.0. The van der Waals surface area contributed by atoms with Crippen LogP contribution in [0.1, 0.15) is 65.0 Å². The minimum absolute atomic E-state index is 0.112. The monoisotopic (exact) mass is 586 g/mol. The average Bonchev–Trinajstić information content (AvgIpc) is 3.91. The number of halogens is 2. The number of benzene rings is 2. The zero-order chi connectivity index (χ0) is 28.4. The summed E-state index contributed by atoms with van der Waals surface area (Å²) in [5.41, 5.74) is 3.21. The predicted molar refractivity (Wildman–Crippen MR) is 148 cm³/mol. The molecule has 0 amide bonds. The van der Waals surface area contributed by atoms with Crippen molar-refractivity contribution in [3.8, 4) is 34.0 Å². The van der Waals surface area contributed by atoms with Crippen molar-refractivity contribution in [2.24, 2.45) is 0 Å². The van der Waals surface area contributed by atoms with Gasteiger partial charge in [0.1, 0.15) is 34.2 Å². The summed E-state index contributed by atoms with van der Waals surface area (Å²) in [5.74, 6) is 2.64. The molecule has 6 rings (SSSR count). The van der Waals surface area contributed by atoms with Gasteiger partial charge < -0.3 is 28.4 Å². The number of carbonyl (C=O) groups is 1. The SMILES string of the molecule is COC(=O)c1c(-c2c(Cl)cccc2OC)noc1C1CC1.COc1cccc(Cl)c1-c1noc(C2CC2)c1CO. The Morgan fingerprint density at radius 2 is 1.35 bits per heavy atom. The number of esters is 1. The number of aliphatic hydroxyl groups is 1. The van der Waals surface area contributed by atoms with E-state index in [1.807, 2.05) is 12.1 Å². The quantitative estimate of drug-likeness (QED) is 0.217.